The fourth-order valence-electron chi connectivity index (χ4n) is 1.56. The quantitative estimate of drug-likeness (QED) is 0.664. The predicted octanol–water partition coefficient (Wildman–Crippen LogP) is 0.736. The summed E-state index contributed by atoms with van der Waals surface area (Å²) in [4.78, 5) is 13.4. The number of nitrogens with two attached hydrogens (primary N) is 1. The molecule has 1 heterocycles. The van der Waals surface area contributed by atoms with E-state index < -0.39 is 0 Å². The van der Waals surface area contributed by atoms with Gasteiger partial charge < -0.3 is 10.6 Å². The van der Waals surface area contributed by atoms with Gasteiger partial charge in [0.2, 0.25) is 5.91 Å². The lowest BCUT2D eigenvalue weighted by Gasteiger charge is -2.19. The van der Waals surface area contributed by atoms with E-state index in [2.05, 4.69) is 6.92 Å². The Kier molecular flexibility index (Phi) is 3.53. The van der Waals surface area contributed by atoms with Crippen molar-refractivity contribution in [2.24, 2.45) is 5.73 Å². The maximum absolute atomic E-state index is 11.4. The van der Waals surface area contributed by atoms with Crippen molar-refractivity contribution >= 4 is 5.91 Å². The molecule has 0 radical (unpaired) electrons. The Morgan fingerprint density at radius 3 is 3.00 bits per heavy atom. The molecule has 0 saturated carbocycles. The highest BCUT2D eigenvalue weighted by Gasteiger charge is 2.18. The van der Waals surface area contributed by atoms with Crippen molar-refractivity contribution in [3.05, 3.63) is 0 Å². The zero-order valence-electron chi connectivity index (χ0n) is 7.75. The molecule has 1 aliphatic rings. The molecule has 3 nitrogen and oxygen atoms in total. The molecule has 0 aromatic heterocycles. The number of hydrogen-bond acceptors (Lipinski definition) is 2. The van der Waals surface area contributed by atoms with Crippen LogP contribution >= 0.6 is 0 Å². The van der Waals surface area contributed by atoms with E-state index in [-0.39, 0.29) is 11.9 Å². The summed E-state index contributed by atoms with van der Waals surface area (Å²) in [6, 6.07) is 0.232. The number of carbonyl (C=O) groups is 1. The minimum Gasteiger partial charge on any atom is -0.343 e. The second kappa shape index (κ2) is 4.45. The van der Waals surface area contributed by atoms with Crippen LogP contribution in [0.25, 0.3) is 0 Å². The Morgan fingerprint density at radius 2 is 2.33 bits per heavy atom. The molecule has 0 aromatic carbocycles. The molecular formula is C9H18N2O. The number of carbonyl (C=O) groups excluding carboxylic acids is 1. The summed E-state index contributed by atoms with van der Waals surface area (Å²) in [6.45, 7) is 3.84. The van der Waals surface area contributed by atoms with Crippen molar-refractivity contribution in [1.82, 2.24) is 4.90 Å². The normalized spacial score (nSPS) is 25.7. The second-order valence-electron chi connectivity index (χ2n) is 3.47. The molecule has 1 aliphatic heterocycles. The van der Waals surface area contributed by atoms with Crippen molar-refractivity contribution in [2.45, 2.75) is 38.6 Å². The molecule has 1 rings (SSSR count). The van der Waals surface area contributed by atoms with Crippen LogP contribution < -0.4 is 5.73 Å². The Morgan fingerprint density at radius 1 is 1.58 bits per heavy atom. The fourth-order valence-corrected chi connectivity index (χ4v) is 1.56. The third kappa shape index (κ3) is 2.48. The van der Waals surface area contributed by atoms with E-state index in [0.717, 1.165) is 32.4 Å². The van der Waals surface area contributed by atoms with Gasteiger partial charge in [-0.15, -0.1) is 0 Å². The average Bonchev–Trinajstić information content (AvgIpc) is 2.20. The zero-order valence-corrected chi connectivity index (χ0v) is 7.75. The van der Waals surface area contributed by atoms with Gasteiger partial charge in [-0.2, -0.15) is 0 Å². The van der Waals surface area contributed by atoms with Crippen LogP contribution in [0.3, 0.4) is 0 Å². The van der Waals surface area contributed by atoms with E-state index in [0.29, 0.717) is 6.42 Å². The van der Waals surface area contributed by atoms with Gasteiger partial charge >= 0.3 is 0 Å². The minimum absolute atomic E-state index is 0.232. The predicted molar refractivity (Wildman–Crippen MR) is 48.7 cm³/mol. The van der Waals surface area contributed by atoms with E-state index in [4.69, 9.17) is 5.73 Å². The van der Waals surface area contributed by atoms with Gasteiger partial charge in [0, 0.05) is 25.6 Å². The average molecular weight is 170 g/mol. The third-order valence-electron chi connectivity index (χ3n) is 2.35. The first-order valence-corrected chi connectivity index (χ1v) is 4.77. The first-order chi connectivity index (χ1) is 5.74. The van der Waals surface area contributed by atoms with Crippen molar-refractivity contribution < 1.29 is 4.79 Å². The Bertz CT molecular complexity index is 159. The lowest BCUT2D eigenvalue weighted by atomic mass is 10.1. The highest BCUT2D eigenvalue weighted by atomic mass is 16.2. The van der Waals surface area contributed by atoms with Gasteiger partial charge in [0.1, 0.15) is 0 Å². The zero-order chi connectivity index (χ0) is 8.97. The van der Waals surface area contributed by atoms with Crippen LogP contribution in [0, 0.1) is 0 Å². The molecule has 0 aromatic rings. The van der Waals surface area contributed by atoms with Crippen LogP contribution in [-0.2, 0) is 4.79 Å². The molecule has 1 atom stereocenters. The first kappa shape index (κ1) is 9.52. The molecule has 0 spiro atoms. The molecule has 0 bridgehead atoms. The van der Waals surface area contributed by atoms with E-state index in [1.54, 1.807) is 0 Å². The van der Waals surface area contributed by atoms with E-state index in [1.165, 1.54) is 0 Å². The maximum Gasteiger partial charge on any atom is 0.222 e. The highest BCUT2D eigenvalue weighted by Crippen LogP contribution is 2.10. The largest absolute Gasteiger partial charge is 0.343 e. The molecule has 1 fully saturated rings. The van der Waals surface area contributed by atoms with Gasteiger partial charge in [0.05, 0.1) is 0 Å². The third-order valence-corrected chi connectivity index (χ3v) is 2.35. The summed E-state index contributed by atoms with van der Waals surface area (Å²) in [5.41, 5.74) is 5.78. The Balaban J connectivity index is 2.44. The van der Waals surface area contributed by atoms with Crippen LogP contribution in [0.2, 0.25) is 0 Å². The van der Waals surface area contributed by atoms with Gasteiger partial charge in [-0.3, -0.25) is 4.79 Å². The fraction of sp³-hybridized carbons (Fsp3) is 0.889. The highest BCUT2D eigenvalue weighted by molar-refractivity contribution is 5.76. The van der Waals surface area contributed by atoms with Crippen molar-refractivity contribution in [3.63, 3.8) is 0 Å². The number of amides is 1. The summed E-state index contributed by atoms with van der Waals surface area (Å²) in [7, 11) is 0. The lowest BCUT2D eigenvalue weighted by molar-refractivity contribution is -0.130. The topological polar surface area (TPSA) is 46.3 Å². The molecule has 0 aliphatic carbocycles. The van der Waals surface area contributed by atoms with E-state index in [9.17, 15) is 4.79 Å². The van der Waals surface area contributed by atoms with Gasteiger partial charge in [-0.1, -0.05) is 6.92 Å². The second-order valence-corrected chi connectivity index (χ2v) is 3.47. The molecular weight excluding hydrogens is 152 g/mol. The van der Waals surface area contributed by atoms with Gasteiger partial charge in [0.25, 0.3) is 0 Å². The van der Waals surface area contributed by atoms with E-state index >= 15 is 0 Å². The Hall–Kier alpha value is -0.570. The number of hydrogen-bond donors (Lipinski definition) is 1. The standard InChI is InChI=1S/C9H18N2O/c1-2-6-11-7-5-8(10)3-4-9(11)12/h8H,2-7,10H2,1H3. The van der Waals surface area contributed by atoms with Crippen LogP contribution in [-0.4, -0.2) is 29.9 Å². The van der Waals surface area contributed by atoms with Gasteiger partial charge in [-0.05, 0) is 19.3 Å². The number of nitrogens with zero attached hydrogens (tertiary/aromatic N) is 1. The van der Waals surface area contributed by atoms with Crippen LogP contribution in [0.15, 0.2) is 0 Å². The molecule has 1 unspecified atom stereocenters. The smallest absolute Gasteiger partial charge is 0.222 e. The van der Waals surface area contributed by atoms with Gasteiger partial charge in [0.15, 0.2) is 0 Å². The molecule has 70 valence electrons. The first-order valence-electron chi connectivity index (χ1n) is 4.77. The maximum atomic E-state index is 11.4. The van der Waals surface area contributed by atoms with Crippen LogP contribution in [0.4, 0.5) is 0 Å². The summed E-state index contributed by atoms with van der Waals surface area (Å²) in [5.74, 6) is 0.282. The summed E-state index contributed by atoms with van der Waals surface area (Å²) in [6.07, 6.45) is 3.51. The van der Waals surface area contributed by atoms with Crippen molar-refractivity contribution in [2.75, 3.05) is 13.1 Å². The molecule has 1 saturated heterocycles. The molecule has 3 heteroatoms. The molecule has 2 N–H and O–H groups in total. The summed E-state index contributed by atoms with van der Waals surface area (Å²) < 4.78 is 0. The summed E-state index contributed by atoms with van der Waals surface area (Å²) >= 11 is 0. The minimum atomic E-state index is 0.232. The van der Waals surface area contributed by atoms with Gasteiger partial charge in [-0.25, -0.2) is 0 Å². The number of likely N-dealkylation sites (tertiary alicyclic amines) is 1. The van der Waals surface area contributed by atoms with Crippen LogP contribution in [0.1, 0.15) is 32.6 Å². The molecule has 12 heavy (non-hydrogen) atoms. The van der Waals surface area contributed by atoms with Crippen LogP contribution in [0.5, 0.6) is 0 Å². The summed E-state index contributed by atoms with van der Waals surface area (Å²) in [5, 5.41) is 0. The monoisotopic (exact) mass is 170 g/mol. The Labute approximate surface area is 73.9 Å². The van der Waals surface area contributed by atoms with E-state index in [1.807, 2.05) is 4.90 Å². The number of rotatable bonds is 2. The van der Waals surface area contributed by atoms with Crippen molar-refractivity contribution in [3.8, 4) is 0 Å². The van der Waals surface area contributed by atoms with Crippen molar-refractivity contribution in [1.29, 1.82) is 0 Å². The SMILES string of the molecule is CCCN1CCC(N)CCC1=O. The lowest BCUT2D eigenvalue weighted by Crippen LogP contribution is -2.31. The molecule has 1 amide bonds.